The van der Waals surface area contributed by atoms with Gasteiger partial charge in [-0.25, -0.2) is 0 Å². The Labute approximate surface area is 183 Å². The maximum Gasteiger partial charge on any atom is 0.198 e. The highest BCUT2D eigenvalue weighted by molar-refractivity contribution is 14.0. The minimum absolute atomic E-state index is 0. The normalized spacial score (nSPS) is 18.8. The lowest BCUT2D eigenvalue weighted by molar-refractivity contribution is 0.117. The van der Waals surface area contributed by atoms with E-state index in [-0.39, 0.29) is 30.1 Å². The van der Waals surface area contributed by atoms with Gasteiger partial charge >= 0.3 is 0 Å². The van der Waals surface area contributed by atoms with Gasteiger partial charge in [-0.1, -0.05) is 25.1 Å². The fourth-order valence-electron chi connectivity index (χ4n) is 3.80. The van der Waals surface area contributed by atoms with E-state index in [9.17, 15) is 0 Å². The Morgan fingerprint density at radius 2 is 2.25 bits per heavy atom. The van der Waals surface area contributed by atoms with Crippen molar-refractivity contribution < 1.29 is 4.74 Å². The number of ether oxygens (including phenoxy) is 1. The molecule has 1 fully saturated rings. The van der Waals surface area contributed by atoms with E-state index < -0.39 is 0 Å². The van der Waals surface area contributed by atoms with Crippen molar-refractivity contribution in [2.75, 3.05) is 31.1 Å². The molecule has 8 heteroatoms. The van der Waals surface area contributed by atoms with E-state index in [0.29, 0.717) is 6.54 Å². The van der Waals surface area contributed by atoms with Crippen molar-refractivity contribution in [1.29, 1.82) is 0 Å². The number of guanidine groups is 1. The van der Waals surface area contributed by atoms with E-state index in [1.807, 2.05) is 0 Å². The van der Waals surface area contributed by atoms with E-state index in [1.54, 1.807) is 6.33 Å². The Bertz CT molecular complexity index is 787. The second kappa shape index (κ2) is 10.2. The van der Waals surface area contributed by atoms with E-state index in [2.05, 4.69) is 56.2 Å². The predicted octanol–water partition coefficient (Wildman–Crippen LogP) is 2.65. The summed E-state index contributed by atoms with van der Waals surface area (Å²) in [5.74, 6) is 1.96. The quantitative estimate of drug-likeness (QED) is 0.379. The van der Waals surface area contributed by atoms with Gasteiger partial charge < -0.3 is 19.5 Å². The zero-order chi connectivity index (χ0) is 18.5. The fourth-order valence-corrected chi connectivity index (χ4v) is 3.80. The van der Waals surface area contributed by atoms with Gasteiger partial charge in [0, 0.05) is 38.3 Å². The van der Waals surface area contributed by atoms with Gasteiger partial charge in [-0.15, -0.1) is 34.2 Å². The highest BCUT2D eigenvalue weighted by Crippen LogP contribution is 2.27. The molecule has 0 amide bonds. The van der Waals surface area contributed by atoms with Gasteiger partial charge in [0.05, 0.1) is 12.6 Å². The maximum atomic E-state index is 5.76. The summed E-state index contributed by atoms with van der Waals surface area (Å²) < 4.78 is 7.85. The lowest BCUT2D eigenvalue weighted by Gasteiger charge is -2.23. The smallest absolute Gasteiger partial charge is 0.198 e. The molecule has 0 saturated carbocycles. The molecular formula is C20H29IN6O. The van der Waals surface area contributed by atoms with E-state index in [0.717, 1.165) is 63.7 Å². The molecule has 0 bridgehead atoms. The highest BCUT2D eigenvalue weighted by atomic mass is 127. The first-order valence-corrected chi connectivity index (χ1v) is 9.97. The molecule has 1 aromatic carbocycles. The van der Waals surface area contributed by atoms with Crippen LogP contribution in [-0.4, -0.2) is 53.1 Å². The third kappa shape index (κ3) is 4.83. The molecule has 28 heavy (non-hydrogen) atoms. The SMILES string of the molecule is CCc1nncn1CCNC(=NCC1CCCO1)N1CCc2ccccc21.I. The number of hydrogen-bond donors (Lipinski definition) is 1. The Morgan fingerprint density at radius 3 is 3.07 bits per heavy atom. The number of rotatable bonds is 6. The summed E-state index contributed by atoms with van der Waals surface area (Å²) in [4.78, 5) is 7.22. The minimum Gasteiger partial charge on any atom is -0.376 e. The first kappa shape index (κ1) is 21.0. The molecule has 2 aromatic rings. The van der Waals surface area contributed by atoms with Crippen LogP contribution in [0.4, 0.5) is 5.69 Å². The predicted molar refractivity (Wildman–Crippen MR) is 122 cm³/mol. The molecule has 1 N–H and O–H groups in total. The Hall–Kier alpha value is -1.68. The summed E-state index contributed by atoms with van der Waals surface area (Å²) in [7, 11) is 0. The number of aryl methyl sites for hydroxylation is 1. The molecule has 0 radical (unpaired) electrons. The monoisotopic (exact) mass is 496 g/mol. The van der Waals surface area contributed by atoms with Crippen molar-refractivity contribution in [3.05, 3.63) is 42.0 Å². The highest BCUT2D eigenvalue weighted by Gasteiger charge is 2.23. The fraction of sp³-hybridized carbons (Fsp3) is 0.550. The summed E-state index contributed by atoms with van der Waals surface area (Å²) in [6.07, 6.45) is 6.25. The number of para-hydroxylation sites is 1. The summed E-state index contributed by atoms with van der Waals surface area (Å²) >= 11 is 0. The third-order valence-electron chi connectivity index (χ3n) is 5.26. The van der Waals surface area contributed by atoms with Crippen LogP contribution in [0.5, 0.6) is 0 Å². The van der Waals surface area contributed by atoms with Gasteiger partial charge in [-0.05, 0) is 30.9 Å². The second-order valence-corrected chi connectivity index (χ2v) is 7.05. The third-order valence-corrected chi connectivity index (χ3v) is 5.26. The van der Waals surface area contributed by atoms with E-state index in [4.69, 9.17) is 9.73 Å². The number of benzene rings is 1. The van der Waals surface area contributed by atoms with Crippen LogP contribution in [0.2, 0.25) is 0 Å². The van der Waals surface area contributed by atoms with Crippen molar-refractivity contribution in [1.82, 2.24) is 20.1 Å². The molecule has 1 unspecified atom stereocenters. The van der Waals surface area contributed by atoms with Crippen LogP contribution < -0.4 is 10.2 Å². The molecule has 1 aromatic heterocycles. The molecule has 1 saturated heterocycles. The molecule has 4 rings (SSSR count). The molecule has 2 aliphatic rings. The zero-order valence-electron chi connectivity index (χ0n) is 16.4. The molecule has 152 valence electrons. The van der Waals surface area contributed by atoms with Crippen molar-refractivity contribution in [2.24, 2.45) is 4.99 Å². The van der Waals surface area contributed by atoms with E-state index >= 15 is 0 Å². The van der Waals surface area contributed by atoms with Gasteiger partial charge in [0.25, 0.3) is 0 Å². The minimum atomic E-state index is 0. The topological polar surface area (TPSA) is 67.6 Å². The summed E-state index contributed by atoms with van der Waals surface area (Å²) in [6, 6.07) is 8.59. The maximum absolute atomic E-state index is 5.76. The van der Waals surface area contributed by atoms with E-state index in [1.165, 1.54) is 11.3 Å². The van der Waals surface area contributed by atoms with Crippen LogP contribution in [0.3, 0.4) is 0 Å². The largest absolute Gasteiger partial charge is 0.376 e. The number of aliphatic imine (C=N–C) groups is 1. The van der Waals surface area contributed by atoms with Crippen molar-refractivity contribution in [2.45, 2.75) is 45.3 Å². The summed E-state index contributed by atoms with van der Waals surface area (Å²) in [5, 5.41) is 11.7. The molecule has 1 atom stereocenters. The number of halogens is 1. The van der Waals surface area contributed by atoms with Crippen LogP contribution >= 0.6 is 24.0 Å². The molecule has 3 heterocycles. The Morgan fingerprint density at radius 1 is 1.36 bits per heavy atom. The molecule has 7 nitrogen and oxygen atoms in total. The average molecular weight is 496 g/mol. The first-order valence-electron chi connectivity index (χ1n) is 9.97. The van der Waals surface area contributed by atoms with Crippen LogP contribution in [0.1, 0.15) is 31.2 Å². The zero-order valence-corrected chi connectivity index (χ0v) is 18.7. The average Bonchev–Trinajstić information content (AvgIpc) is 3.45. The van der Waals surface area contributed by atoms with Gasteiger partial charge in [-0.2, -0.15) is 0 Å². The van der Waals surface area contributed by atoms with Crippen molar-refractivity contribution in [3.8, 4) is 0 Å². The summed E-state index contributed by atoms with van der Waals surface area (Å²) in [6.45, 7) is 6.25. The number of anilines is 1. The molecule has 0 aliphatic carbocycles. The van der Waals surface area contributed by atoms with Gasteiger partial charge in [-0.3, -0.25) is 4.99 Å². The van der Waals surface area contributed by atoms with Gasteiger partial charge in [0.1, 0.15) is 12.2 Å². The van der Waals surface area contributed by atoms with Crippen LogP contribution in [0.15, 0.2) is 35.6 Å². The Kier molecular flexibility index (Phi) is 7.66. The molecule has 0 spiro atoms. The molecule has 2 aliphatic heterocycles. The summed E-state index contributed by atoms with van der Waals surface area (Å²) in [5.41, 5.74) is 2.64. The number of aromatic nitrogens is 3. The number of nitrogens with zero attached hydrogens (tertiary/aromatic N) is 5. The lowest BCUT2D eigenvalue weighted by atomic mass is 10.2. The number of nitrogens with one attached hydrogen (secondary N) is 1. The molecular weight excluding hydrogens is 467 g/mol. The Balaban J connectivity index is 0.00000225. The van der Waals surface area contributed by atoms with Gasteiger partial charge in [0.2, 0.25) is 0 Å². The lowest BCUT2D eigenvalue weighted by Crippen LogP contribution is -2.42. The second-order valence-electron chi connectivity index (χ2n) is 7.05. The van der Waals surface area contributed by atoms with Crippen molar-refractivity contribution in [3.63, 3.8) is 0 Å². The van der Waals surface area contributed by atoms with Crippen LogP contribution in [0.25, 0.3) is 0 Å². The number of hydrogen-bond acceptors (Lipinski definition) is 4. The van der Waals surface area contributed by atoms with Crippen LogP contribution in [0, 0.1) is 0 Å². The first-order chi connectivity index (χ1) is 13.3. The van der Waals surface area contributed by atoms with Crippen molar-refractivity contribution >= 4 is 35.6 Å². The van der Waals surface area contributed by atoms with Crippen LogP contribution in [-0.2, 0) is 24.1 Å². The van der Waals surface area contributed by atoms with Gasteiger partial charge in [0.15, 0.2) is 5.96 Å². The standard InChI is InChI=1S/C20H28N6O.HI/c1-2-19-24-23-15-25(19)12-10-21-20(22-14-17-7-5-13-27-17)26-11-9-16-6-3-4-8-18(16)26;/h3-4,6,8,15,17H,2,5,7,9-14H2,1H3,(H,21,22);1H. The number of fused-ring (bicyclic) bond motifs is 1.